The lowest BCUT2D eigenvalue weighted by atomic mass is 10.1. The van der Waals surface area contributed by atoms with Crippen LogP contribution in [0, 0.1) is 10.1 Å². The molecule has 1 amide bonds. The van der Waals surface area contributed by atoms with Gasteiger partial charge < -0.3 is 10.2 Å². The predicted molar refractivity (Wildman–Crippen MR) is 75.1 cm³/mol. The first-order valence-electron chi connectivity index (χ1n) is 6.28. The minimum absolute atomic E-state index is 0.0333. The lowest BCUT2D eigenvalue weighted by Gasteiger charge is -2.22. The van der Waals surface area contributed by atoms with E-state index in [1.807, 2.05) is 0 Å². The number of nitrogens with one attached hydrogen (secondary N) is 1. The molecule has 0 fully saturated rings. The average molecular weight is 279 g/mol. The van der Waals surface area contributed by atoms with Crippen LogP contribution in [-0.2, 0) is 4.79 Å². The molecule has 1 aromatic rings. The Morgan fingerprint density at radius 1 is 1.45 bits per heavy atom. The predicted octanol–water partition coefficient (Wildman–Crippen LogP) is 1.37. The highest BCUT2D eigenvalue weighted by Crippen LogP contribution is 2.28. The van der Waals surface area contributed by atoms with Crippen LogP contribution in [-0.4, -0.2) is 36.8 Å². The van der Waals surface area contributed by atoms with Crippen molar-refractivity contribution in [3.63, 3.8) is 0 Å². The van der Waals surface area contributed by atoms with Gasteiger partial charge in [-0.3, -0.25) is 19.7 Å². The van der Waals surface area contributed by atoms with Crippen molar-refractivity contribution in [1.29, 1.82) is 0 Å². The average Bonchev–Trinajstić information content (AvgIpc) is 2.44. The third-order valence-electron chi connectivity index (χ3n) is 2.76. The fourth-order valence-corrected chi connectivity index (χ4v) is 1.82. The van der Waals surface area contributed by atoms with Gasteiger partial charge in [0.25, 0.3) is 5.69 Å². The summed E-state index contributed by atoms with van der Waals surface area (Å²) in [7, 11) is 0. The molecule has 0 saturated carbocycles. The first-order valence-corrected chi connectivity index (χ1v) is 6.28. The van der Waals surface area contributed by atoms with Crippen LogP contribution >= 0.6 is 0 Å². The molecule has 0 aliphatic rings. The van der Waals surface area contributed by atoms with E-state index in [1.165, 1.54) is 18.2 Å². The number of likely N-dealkylation sites (N-methyl/N-ethyl adjacent to an activating group) is 2. The van der Waals surface area contributed by atoms with Gasteiger partial charge in [0.15, 0.2) is 0 Å². The van der Waals surface area contributed by atoms with E-state index in [9.17, 15) is 19.7 Å². The standard InChI is InChI=1S/C13H17N3O4/c1-3-14-13(18)8-15(4-2)11-6-5-10(9-17)7-12(11)16(19)20/h5-7,9H,3-4,8H2,1-2H3,(H,14,18). The zero-order valence-electron chi connectivity index (χ0n) is 11.5. The Hall–Kier alpha value is -2.44. The Bertz CT molecular complexity index is 516. The Morgan fingerprint density at radius 3 is 2.65 bits per heavy atom. The van der Waals surface area contributed by atoms with Gasteiger partial charge in [0.2, 0.25) is 5.91 Å². The summed E-state index contributed by atoms with van der Waals surface area (Å²) in [5.74, 6) is -0.205. The van der Waals surface area contributed by atoms with Crippen LogP contribution in [0.1, 0.15) is 24.2 Å². The van der Waals surface area contributed by atoms with Gasteiger partial charge in [-0.05, 0) is 26.0 Å². The molecule has 0 bridgehead atoms. The number of aldehydes is 1. The van der Waals surface area contributed by atoms with Crippen LogP contribution in [0.4, 0.5) is 11.4 Å². The second-order valence-electron chi connectivity index (χ2n) is 4.09. The number of anilines is 1. The Balaban J connectivity index is 3.11. The van der Waals surface area contributed by atoms with Gasteiger partial charge in [0.1, 0.15) is 12.0 Å². The molecule has 1 aromatic carbocycles. The van der Waals surface area contributed by atoms with Crippen LogP contribution in [0.25, 0.3) is 0 Å². The highest BCUT2D eigenvalue weighted by molar-refractivity contribution is 5.84. The number of rotatable bonds is 7. The number of hydrogen-bond donors (Lipinski definition) is 1. The van der Waals surface area contributed by atoms with Gasteiger partial charge in [0, 0.05) is 24.7 Å². The third-order valence-corrected chi connectivity index (χ3v) is 2.76. The van der Waals surface area contributed by atoms with Gasteiger partial charge >= 0.3 is 0 Å². The number of carbonyl (C=O) groups is 2. The summed E-state index contributed by atoms with van der Waals surface area (Å²) in [6, 6.07) is 4.20. The zero-order chi connectivity index (χ0) is 15.1. The van der Waals surface area contributed by atoms with Crippen molar-refractivity contribution in [1.82, 2.24) is 5.32 Å². The molecule has 0 aliphatic carbocycles. The summed E-state index contributed by atoms with van der Waals surface area (Å²) < 4.78 is 0. The molecule has 7 nitrogen and oxygen atoms in total. The molecule has 0 aromatic heterocycles. The lowest BCUT2D eigenvalue weighted by molar-refractivity contribution is -0.384. The molecule has 7 heteroatoms. The highest BCUT2D eigenvalue weighted by atomic mass is 16.6. The van der Waals surface area contributed by atoms with Crippen molar-refractivity contribution >= 4 is 23.6 Å². The zero-order valence-corrected chi connectivity index (χ0v) is 11.5. The van der Waals surface area contributed by atoms with Crippen molar-refractivity contribution in [2.45, 2.75) is 13.8 Å². The fraction of sp³-hybridized carbons (Fsp3) is 0.385. The Morgan fingerprint density at radius 2 is 2.15 bits per heavy atom. The normalized spacial score (nSPS) is 9.90. The molecular weight excluding hydrogens is 262 g/mol. The van der Waals surface area contributed by atoms with Crippen LogP contribution in [0.15, 0.2) is 18.2 Å². The first-order chi connectivity index (χ1) is 9.53. The van der Waals surface area contributed by atoms with E-state index in [0.717, 1.165) is 0 Å². The molecule has 1 rings (SSSR count). The SMILES string of the molecule is CCNC(=O)CN(CC)c1ccc(C=O)cc1[N+](=O)[O-]. The summed E-state index contributed by atoms with van der Waals surface area (Å²) in [6.07, 6.45) is 0.552. The van der Waals surface area contributed by atoms with Gasteiger partial charge in [0.05, 0.1) is 11.5 Å². The molecule has 1 N–H and O–H groups in total. The van der Waals surface area contributed by atoms with Gasteiger partial charge in [-0.2, -0.15) is 0 Å². The van der Waals surface area contributed by atoms with Crippen LogP contribution < -0.4 is 10.2 Å². The monoisotopic (exact) mass is 279 g/mol. The molecule has 0 aliphatic heterocycles. The summed E-state index contributed by atoms with van der Waals surface area (Å²) >= 11 is 0. The largest absolute Gasteiger partial charge is 0.357 e. The second kappa shape index (κ2) is 7.22. The maximum Gasteiger partial charge on any atom is 0.293 e. The van der Waals surface area contributed by atoms with Crippen molar-refractivity contribution in [2.24, 2.45) is 0 Å². The van der Waals surface area contributed by atoms with Gasteiger partial charge in [-0.1, -0.05) is 0 Å². The minimum atomic E-state index is -0.553. The molecule has 108 valence electrons. The summed E-state index contributed by atoms with van der Waals surface area (Å²) in [6.45, 7) is 4.58. The molecule has 0 heterocycles. The Kier molecular flexibility index (Phi) is 5.64. The molecule has 20 heavy (non-hydrogen) atoms. The molecular formula is C13H17N3O4. The van der Waals surface area contributed by atoms with Crippen molar-refractivity contribution in [3.8, 4) is 0 Å². The number of benzene rings is 1. The summed E-state index contributed by atoms with van der Waals surface area (Å²) in [5.41, 5.74) is 0.379. The number of amides is 1. The molecule has 0 spiro atoms. The summed E-state index contributed by atoms with van der Waals surface area (Å²) in [5, 5.41) is 13.7. The number of carbonyl (C=O) groups excluding carboxylic acids is 2. The van der Waals surface area contributed by atoms with Crippen LogP contribution in [0.3, 0.4) is 0 Å². The van der Waals surface area contributed by atoms with E-state index < -0.39 is 4.92 Å². The van der Waals surface area contributed by atoms with Gasteiger partial charge in [-0.25, -0.2) is 0 Å². The maximum atomic E-state index is 11.6. The van der Waals surface area contributed by atoms with E-state index in [4.69, 9.17) is 0 Å². The fourth-order valence-electron chi connectivity index (χ4n) is 1.82. The maximum absolute atomic E-state index is 11.6. The number of hydrogen-bond acceptors (Lipinski definition) is 5. The second-order valence-corrected chi connectivity index (χ2v) is 4.09. The minimum Gasteiger partial charge on any atom is -0.357 e. The number of nitro groups is 1. The topological polar surface area (TPSA) is 92.6 Å². The van der Waals surface area contributed by atoms with E-state index in [2.05, 4.69) is 5.32 Å². The smallest absolute Gasteiger partial charge is 0.293 e. The third kappa shape index (κ3) is 3.78. The highest BCUT2D eigenvalue weighted by Gasteiger charge is 2.20. The van der Waals surface area contributed by atoms with E-state index in [1.54, 1.807) is 18.7 Å². The molecule has 0 saturated heterocycles. The van der Waals surface area contributed by atoms with Crippen molar-refractivity contribution < 1.29 is 14.5 Å². The molecule has 0 radical (unpaired) electrons. The molecule has 0 atom stereocenters. The van der Waals surface area contributed by atoms with E-state index >= 15 is 0 Å². The van der Waals surface area contributed by atoms with Crippen LogP contribution in [0.5, 0.6) is 0 Å². The van der Waals surface area contributed by atoms with Crippen molar-refractivity contribution in [3.05, 3.63) is 33.9 Å². The first kappa shape index (κ1) is 15.6. The Labute approximate surface area is 116 Å². The van der Waals surface area contributed by atoms with Crippen LogP contribution in [0.2, 0.25) is 0 Å². The number of nitro benzene ring substituents is 1. The van der Waals surface area contributed by atoms with E-state index in [0.29, 0.717) is 25.1 Å². The summed E-state index contributed by atoms with van der Waals surface area (Å²) in [4.78, 5) is 34.4. The molecule has 0 unspecified atom stereocenters. The van der Waals surface area contributed by atoms with E-state index in [-0.39, 0.29) is 23.7 Å². The quantitative estimate of drug-likeness (QED) is 0.462. The van der Waals surface area contributed by atoms with Gasteiger partial charge in [-0.15, -0.1) is 0 Å². The van der Waals surface area contributed by atoms with Crippen molar-refractivity contribution in [2.75, 3.05) is 24.5 Å². The lowest BCUT2D eigenvalue weighted by Crippen LogP contribution is -2.37. The number of nitrogens with zero attached hydrogens (tertiary/aromatic N) is 2.